The van der Waals surface area contributed by atoms with Crippen LogP contribution in [0.25, 0.3) is 0 Å². The molecule has 0 saturated heterocycles. The van der Waals surface area contributed by atoms with E-state index in [0.717, 1.165) is 77.0 Å². The number of unbranched alkanes of at least 4 members (excludes halogenated alkanes) is 25. The zero-order chi connectivity index (χ0) is 52.7. The SMILES string of the molecule is CC/C=C\C/C=C\C/C=C\C/C=C\C/C=C\C/C=C\C/C=C\CCCCCCCCCCCCCCCCCCCC(=O)OC(COC(=O)CCCCCCCCCCC)COP(=O)(O)OCC[N+](C)(C)C. The van der Waals surface area contributed by atoms with Crippen molar-refractivity contribution < 1.29 is 42.1 Å². The molecule has 72 heavy (non-hydrogen) atoms. The molecule has 0 heterocycles. The summed E-state index contributed by atoms with van der Waals surface area (Å²) >= 11 is 0. The van der Waals surface area contributed by atoms with E-state index in [0.29, 0.717) is 17.4 Å². The van der Waals surface area contributed by atoms with Gasteiger partial charge in [0.15, 0.2) is 6.10 Å². The lowest BCUT2D eigenvalue weighted by molar-refractivity contribution is -0.870. The maximum atomic E-state index is 12.8. The number of phosphoric acid groups is 1. The Morgan fingerprint density at radius 3 is 1.18 bits per heavy atom. The number of phosphoric ester groups is 1. The number of hydrogen-bond donors (Lipinski definition) is 1. The van der Waals surface area contributed by atoms with E-state index in [1.54, 1.807) is 0 Å². The molecule has 0 aromatic heterocycles. The summed E-state index contributed by atoms with van der Waals surface area (Å²) in [4.78, 5) is 35.5. The average Bonchev–Trinajstić information content (AvgIpc) is 3.34. The third-order valence-electron chi connectivity index (χ3n) is 12.4. The molecule has 0 aromatic rings. The molecule has 0 aliphatic rings. The lowest BCUT2D eigenvalue weighted by Gasteiger charge is -2.24. The van der Waals surface area contributed by atoms with Crippen LogP contribution in [0, 0.1) is 0 Å². The average molecular weight is 1030 g/mol. The topological polar surface area (TPSA) is 108 Å². The Hall–Kier alpha value is -2.81. The molecular formula is C62H111NO8P+. The fourth-order valence-corrected chi connectivity index (χ4v) is 8.68. The summed E-state index contributed by atoms with van der Waals surface area (Å²) in [5.74, 6) is -0.796. The van der Waals surface area contributed by atoms with Crippen molar-refractivity contribution >= 4 is 19.8 Å². The van der Waals surface area contributed by atoms with E-state index < -0.39 is 26.5 Å². The van der Waals surface area contributed by atoms with Crippen molar-refractivity contribution in [2.45, 2.75) is 251 Å². The second-order valence-corrected chi connectivity index (χ2v) is 22.1. The number of carbonyl (C=O) groups excluding carboxylic acids is 2. The highest BCUT2D eigenvalue weighted by Gasteiger charge is 2.27. The van der Waals surface area contributed by atoms with Gasteiger partial charge in [0.1, 0.15) is 19.8 Å². The van der Waals surface area contributed by atoms with Crippen LogP contribution in [0.5, 0.6) is 0 Å². The van der Waals surface area contributed by atoms with Gasteiger partial charge in [-0.3, -0.25) is 18.6 Å². The number of quaternary nitrogens is 1. The smallest absolute Gasteiger partial charge is 0.462 e. The van der Waals surface area contributed by atoms with Gasteiger partial charge in [-0.05, 0) is 70.6 Å². The third-order valence-corrected chi connectivity index (χ3v) is 13.4. The standard InChI is InChI=1S/C62H110NO8P/c1-6-8-10-12-14-16-17-18-19-20-21-22-23-24-25-26-27-28-29-30-31-32-33-34-35-36-37-38-39-40-41-42-43-44-45-47-49-51-53-55-62(65)71-60(59-70-72(66,67)69-57-56-63(3,4)5)58-68-61(64)54-52-50-48-46-15-13-11-9-7-2/h8,10,14,16,18-19,21-22,24-25,27-28,30-31,60H,6-7,9,11-13,15,17,20,23,26,29,32-59H2,1-5H3/p+1/b10-8-,16-14-,19-18-,22-21-,25-24-,28-27-,31-30-. The highest BCUT2D eigenvalue weighted by Crippen LogP contribution is 2.43. The molecule has 0 aliphatic carbocycles. The van der Waals surface area contributed by atoms with Gasteiger partial charge in [-0.2, -0.15) is 0 Å². The summed E-state index contributed by atoms with van der Waals surface area (Å²) in [6, 6.07) is 0. The minimum absolute atomic E-state index is 0.0316. The lowest BCUT2D eigenvalue weighted by atomic mass is 10.0. The number of carbonyl (C=O) groups is 2. The largest absolute Gasteiger partial charge is 0.472 e. The van der Waals surface area contributed by atoms with Crippen LogP contribution in [0.3, 0.4) is 0 Å². The third kappa shape index (κ3) is 56.5. The highest BCUT2D eigenvalue weighted by atomic mass is 31.2. The Labute approximate surface area is 443 Å². The van der Waals surface area contributed by atoms with Crippen LogP contribution in [-0.4, -0.2) is 74.9 Å². The van der Waals surface area contributed by atoms with Crippen LogP contribution in [0.2, 0.25) is 0 Å². The Bertz CT molecular complexity index is 1490. The van der Waals surface area contributed by atoms with Crippen molar-refractivity contribution in [3.8, 4) is 0 Å². The summed E-state index contributed by atoms with van der Waals surface area (Å²) in [5.41, 5.74) is 0. The van der Waals surface area contributed by atoms with Crippen molar-refractivity contribution in [1.29, 1.82) is 0 Å². The molecule has 0 fully saturated rings. The van der Waals surface area contributed by atoms with Crippen LogP contribution in [0.15, 0.2) is 85.1 Å². The zero-order valence-electron chi connectivity index (χ0n) is 47.1. The Morgan fingerprint density at radius 2 is 0.792 bits per heavy atom. The van der Waals surface area contributed by atoms with Gasteiger partial charge in [0.05, 0.1) is 27.7 Å². The minimum Gasteiger partial charge on any atom is -0.462 e. The zero-order valence-corrected chi connectivity index (χ0v) is 48.0. The first kappa shape index (κ1) is 69.2. The van der Waals surface area contributed by atoms with E-state index in [-0.39, 0.29) is 32.0 Å². The molecule has 0 saturated carbocycles. The first-order valence-electron chi connectivity index (χ1n) is 29.3. The Morgan fingerprint density at radius 1 is 0.444 bits per heavy atom. The summed E-state index contributed by atoms with van der Waals surface area (Å²) in [7, 11) is 1.48. The van der Waals surface area contributed by atoms with E-state index in [1.165, 1.54) is 135 Å². The maximum absolute atomic E-state index is 12.8. The molecule has 0 rings (SSSR count). The molecule has 416 valence electrons. The molecule has 9 nitrogen and oxygen atoms in total. The number of likely N-dealkylation sites (N-methyl/N-ethyl adjacent to an activating group) is 1. The molecule has 0 spiro atoms. The van der Waals surface area contributed by atoms with Crippen LogP contribution >= 0.6 is 7.82 Å². The van der Waals surface area contributed by atoms with Gasteiger partial charge in [0.25, 0.3) is 0 Å². The fourth-order valence-electron chi connectivity index (χ4n) is 7.94. The number of nitrogens with zero attached hydrogens (tertiary/aromatic N) is 1. The number of esters is 2. The number of ether oxygens (including phenoxy) is 2. The lowest BCUT2D eigenvalue weighted by Crippen LogP contribution is -2.37. The summed E-state index contributed by atoms with van der Waals surface area (Å²) < 4.78 is 34.4. The van der Waals surface area contributed by atoms with E-state index in [9.17, 15) is 19.0 Å². The second kappa shape index (κ2) is 53.0. The van der Waals surface area contributed by atoms with E-state index in [4.69, 9.17) is 18.5 Å². The van der Waals surface area contributed by atoms with Gasteiger partial charge in [-0.15, -0.1) is 0 Å². The van der Waals surface area contributed by atoms with Crippen molar-refractivity contribution in [3.05, 3.63) is 85.1 Å². The molecule has 0 amide bonds. The first-order valence-corrected chi connectivity index (χ1v) is 30.8. The molecule has 0 aliphatic heterocycles. The van der Waals surface area contributed by atoms with Gasteiger partial charge in [-0.25, -0.2) is 4.57 Å². The molecule has 0 aromatic carbocycles. The van der Waals surface area contributed by atoms with E-state index in [2.05, 4.69) is 98.9 Å². The molecule has 0 bridgehead atoms. The molecule has 2 unspecified atom stereocenters. The van der Waals surface area contributed by atoms with Crippen molar-refractivity contribution in [2.75, 3.05) is 47.5 Å². The predicted molar refractivity (Wildman–Crippen MR) is 307 cm³/mol. The fraction of sp³-hybridized carbons (Fsp3) is 0.742. The van der Waals surface area contributed by atoms with Gasteiger partial charge in [-0.1, -0.05) is 247 Å². The van der Waals surface area contributed by atoms with Crippen LogP contribution in [-0.2, 0) is 32.7 Å². The number of hydrogen-bond acceptors (Lipinski definition) is 7. The van der Waals surface area contributed by atoms with Crippen molar-refractivity contribution in [2.24, 2.45) is 0 Å². The molecular weight excluding hydrogens is 918 g/mol. The van der Waals surface area contributed by atoms with Crippen molar-refractivity contribution in [3.63, 3.8) is 0 Å². The van der Waals surface area contributed by atoms with E-state index >= 15 is 0 Å². The Kier molecular flexibility index (Phi) is 51.0. The Balaban J connectivity index is 3.91. The van der Waals surface area contributed by atoms with Crippen LogP contribution in [0.4, 0.5) is 0 Å². The first-order chi connectivity index (χ1) is 35.0. The molecule has 0 radical (unpaired) electrons. The monoisotopic (exact) mass is 1030 g/mol. The molecule has 10 heteroatoms. The van der Waals surface area contributed by atoms with Gasteiger partial charge < -0.3 is 18.9 Å². The quantitative estimate of drug-likeness (QED) is 0.0211. The van der Waals surface area contributed by atoms with Crippen molar-refractivity contribution in [1.82, 2.24) is 0 Å². The maximum Gasteiger partial charge on any atom is 0.472 e. The minimum atomic E-state index is -4.38. The summed E-state index contributed by atoms with van der Waals surface area (Å²) in [5, 5.41) is 0. The number of allylic oxidation sites excluding steroid dienone is 14. The van der Waals surface area contributed by atoms with Gasteiger partial charge in [0.2, 0.25) is 0 Å². The highest BCUT2D eigenvalue weighted by molar-refractivity contribution is 7.47. The number of rotatable bonds is 53. The van der Waals surface area contributed by atoms with E-state index in [1.807, 2.05) is 21.1 Å². The molecule has 2 atom stereocenters. The second-order valence-electron chi connectivity index (χ2n) is 20.7. The molecule has 1 N–H and O–H groups in total. The summed E-state index contributed by atoms with van der Waals surface area (Å²) in [6.07, 6.45) is 71.1. The van der Waals surface area contributed by atoms with Crippen LogP contribution in [0.1, 0.15) is 245 Å². The van der Waals surface area contributed by atoms with Gasteiger partial charge in [0, 0.05) is 12.8 Å². The predicted octanol–water partition coefficient (Wildman–Crippen LogP) is 18.3. The normalized spacial score (nSPS) is 13.9. The van der Waals surface area contributed by atoms with Crippen LogP contribution < -0.4 is 0 Å². The summed E-state index contributed by atoms with van der Waals surface area (Å²) in [6.45, 7) is 4.30. The van der Waals surface area contributed by atoms with Gasteiger partial charge >= 0.3 is 19.8 Å².